The summed E-state index contributed by atoms with van der Waals surface area (Å²) in [4.78, 5) is 17.4. The average Bonchev–Trinajstić information content (AvgIpc) is 3.39. The van der Waals surface area contributed by atoms with Crippen molar-refractivity contribution in [3.63, 3.8) is 0 Å². The molecule has 30 heavy (non-hydrogen) atoms. The van der Waals surface area contributed by atoms with Crippen molar-refractivity contribution in [2.45, 2.75) is 34.6 Å². The van der Waals surface area contributed by atoms with Gasteiger partial charge in [0.2, 0.25) is 0 Å². The third kappa shape index (κ3) is 3.73. The first-order valence-electron chi connectivity index (χ1n) is 10.2. The van der Waals surface area contributed by atoms with Gasteiger partial charge in [0.25, 0.3) is 0 Å². The Morgan fingerprint density at radius 2 is 2.00 bits per heavy atom. The fourth-order valence-electron chi connectivity index (χ4n) is 3.86. The van der Waals surface area contributed by atoms with Crippen molar-refractivity contribution in [2.75, 3.05) is 5.32 Å². The van der Waals surface area contributed by atoms with Crippen molar-refractivity contribution >= 4 is 38.5 Å². The number of aromatic nitrogens is 5. The van der Waals surface area contributed by atoms with Crippen LogP contribution >= 0.6 is 0 Å². The van der Waals surface area contributed by atoms with Crippen LogP contribution < -0.4 is 5.32 Å². The molecule has 4 heterocycles. The number of nitrogens with one attached hydrogen (secondary N) is 1. The average molecular weight is 505 g/mol. The van der Waals surface area contributed by atoms with E-state index >= 15 is 0 Å². The molecule has 1 aromatic carbocycles. The molecule has 1 amide bonds. The second-order valence-electron chi connectivity index (χ2n) is 7.63. The molecule has 3 aromatic heterocycles. The fourth-order valence-corrected chi connectivity index (χ4v) is 7.73. The Balaban J connectivity index is 1.51. The maximum absolute atomic E-state index is 13.1. The van der Waals surface area contributed by atoms with Crippen LogP contribution in [0.15, 0.2) is 55.0 Å². The van der Waals surface area contributed by atoms with Gasteiger partial charge in [-0.1, -0.05) is 0 Å². The summed E-state index contributed by atoms with van der Waals surface area (Å²) < 4.78 is 6.26. The van der Waals surface area contributed by atoms with Crippen molar-refractivity contribution in [1.29, 1.82) is 0 Å². The molecule has 8 heteroatoms. The van der Waals surface area contributed by atoms with E-state index < -0.39 is 0 Å². The normalized spacial score (nSPS) is 14.8. The van der Waals surface area contributed by atoms with Gasteiger partial charge in [0.15, 0.2) is 0 Å². The molecule has 0 saturated carbocycles. The van der Waals surface area contributed by atoms with E-state index in [4.69, 9.17) is 5.10 Å². The molecular weight excluding hydrogens is 483 g/mol. The summed E-state index contributed by atoms with van der Waals surface area (Å²) in [5.41, 5.74) is 4.18. The predicted octanol–water partition coefficient (Wildman–Crippen LogP) is 3.89. The molecule has 1 aliphatic rings. The van der Waals surface area contributed by atoms with Crippen LogP contribution in [0.5, 0.6) is 0 Å². The number of hydrogen-bond donors (Lipinski definition) is 1. The van der Waals surface area contributed by atoms with Crippen molar-refractivity contribution in [3.8, 4) is 5.69 Å². The molecule has 5 rings (SSSR count). The van der Waals surface area contributed by atoms with Gasteiger partial charge >= 0.3 is 179 Å². The summed E-state index contributed by atoms with van der Waals surface area (Å²) in [5, 5.41) is 12.2. The first kappa shape index (κ1) is 19.3. The number of carbonyl (C=O) groups excluding carboxylic acids is 1. The molecule has 4 aromatic rings. The zero-order chi connectivity index (χ0) is 20.5. The summed E-state index contributed by atoms with van der Waals surface area (Å²) in [6, 6.07) is 12.0. The van der Waals surface area contributed by atoms with Gasteiger partial charge in [0.05, 0.1) is 0 Å². The molecule has 2 radical (unpaired) electrons. The van der Waals surface area contributed by atoms with Crippen LogP contribution in [0.1, 0.15) is 40.4 Å². The van der Waals surface area contributed by atoms with Crippen LogP contribution in [0.3, 0.4) is 0 Å². The number of hydrogen-bond acceptors (Lipinski definition) is 4. The van der Waals surface area contributed by atoms with E-state index in [-0.39, 0.29) is 27.0 Å². The molecule has 1 N–H and O–H groups in total. The Hall–Kier alpha value is -2.68. The molecule has 0 unspecified atom stereocenters. The van der Waals surface area contributed by atoms with Gasteiger partial charge in [-0.05, 0) is 6.07 Å². The molecule has 0 bridgehead atoms. The van der Waals surface area contributed by atoms with Crippen molar-refractivity contribution < 1.29 is 4.79 Å². The summed E-state index contributed by atoms with van der Waals surface area (Å²) in [7, 11) is 0. The van der Waals surface area contributed by atoms with Crippen molar-refractivity contribution in [2.24, 2.45) is 0 Å². The number of anilines is 1. The third-order valence-corrected chi connectivity index (χ3v) is 9.20. The summed E-state index contributed by atoms with van der Waals surface area (Å²) in [6.07, 6.45) is 7.44. The third-order valence-electron chi connectivity index (χ3n) is 5.53. The molecule has 0 aliphatic carbocycles. The molecule has 1 aliphatic heterocycles. The van der Waals surface area contributed by atoms with Gasteiger partial charge in [-0.2, -0.15) is 0 Å². The SMILES string of the molecule is Cc1ccc(-n2nc(C3C[CH2][Sn][CH2]C3)cc2NC(=O)c2cnn3cccnc23)cc1. The fraction of sp³-hybridized carbons (Fsp3) is 0.273. The van der Waals surface area contributed by atoms with Gasteiger partial charge in [-0.3, -0.25) is 0 Å². The van der Waals surface area contributed by atoms with Crippen molar-refractivity contribution in [1.82, 2.24) is 24.4 Å². The van der Waals surface area contributed by atoms with E-state index in [1.807, 2.05) is 22.9 Å². The quantitative estimate of drug-likeness (QED) is 0.428. The summed E-state index contributed by atoms with van der Waals surface area (Å²) in [6.45, 7) is 2.06. The van der Waals surface area contributed by atoms with Crippen LogP contribution in [-0.4, -0.2) is 51.4 Å². The van der Waals surface area contributed by atoms with E-state index in [2.05, 4.69) is 34.5 Å². The number of nitrogens with zero attached hydrogens (tertiary/aromatic N) is 5. The molecule has 1 fully saturated rings. The number of carbonyl (C=O) groups is 1. The standard InChI is InChI=1S/C22H22N6O.Sn/c1-4-16(5-2)19-13-20(28(26-19)17-9-7-15(3)8-10-17)25-22(29)18-14-24-27-12-6-11-23-21(18)27;/h6-14,16H,1-2,4-5H2,3H3,(H,25,29);. The first-order chi connectivity index (χ1) is 14.7. The number of aryl methyl sites for hydroxylation is 1. The molecule has 150 valence electrons. The molecule has 7 nitrogen and oxygen atoms in total. The summed E-state index contributed by atoms with van der Waals surface area (Å²) in [5.74, 6) is 0.932. The van der Waals surface area contributed by atoms with E-state index in [1.165, 1.54) is 27.3 Å². The maximum atomic E-state index is 13.1. The minimum absolute atomic E-state index is 0.135. The Morgan fingerprint density at radius 1 is 1.20 bits per heavy atom. The van der Waals surface area contributed by atoms with Crippen LogP contribution in [0.2, 0.25) is 8.87 Å². The van der Waals surface area contributed by atoms with Gasteiger partial charge in [-0.15, -0.1) is 0 Å². The Labute approximate surface area is 184 Å². The summed E-state index contributed by atoms with van der Waals surface area (Å²) >= 11 is -0.135. The number of benzene rings is 1. The Kier molecular flexibility index (Phi) is 5.28. The predicted molar refractivity (Wildman–Crippen MR) is 117 cm³/mol. The van der Waals surface area contributed by atoms with Crippen molar-refractivity contribution in [3.05, 3.63) is 71.8 Å². The van der Waals surface area contributed by atoms with Crippen LogP contribution in [0.25, 0.3) is 11.3 Å². The number of rotatable bonds is 4. The van der Waals surface area contributed by atoms with Crippen LogP contribution in [0.4, 0.5) is 5.82 Å². The zero-order valence-corrected chi connectivity index (χ0v) is 19.6. The molecule has 0 spiro atoms. The van der Waals surface area contributed by atoms with Gasteiger partial charge < -0.3 is 0 Å². The van der Waals surface area contributed by atoms with Crippen LogP contribution in [-0.2, 0) is 0 Å². The Bertz CT molecular complexity index is 1190. The van der Waals surface area contributed by atoms with Crippen LogP contribution in [0, 0.1) is 6.92 Å². The van der Waals surface area contributed by atoms with Gasteiger partial charge in [0.1, 0.15) is 0 Å². The van der Waals surface area contributed by atoms with Gasteiger partial charge in [0, 0.05) is 0 Å². The minimum atomic E-state index is -0.235. The monoisotopic (exact) mass is 506 g/mol. The van der Waals surface area contributed by atoms with E-state index in [9.17, 15) is 4.79 Å². The Morgan fingerprint density at radius 3 is 2.80 bits per heavy atom. The first-order valence-corrected chi connectivity index (χ1v) is 14.2. The second-order valence-corrected chi connectivity index (χ2v) is 11.9. The zero-order valence-electron chi connectivity index (χ0n) is 16.7. The number of fused-ring (bicyclic) bond motifs is 1. The van der Waals surface area contributed by atoms with E-state index in [1.54, 1.807) is 29.2 Å². The molecule has 0 atom stereocenters. The van der Waals surface area contributed by atoms with E-state index in [0.717, 1.165) is 11.4 Å². The molecular formula is C22H22N6OSn. The number of amides is 1. The second kappa shape index (κ2) is 8.21. The topological polar surface area (TPSA) is 77.1 Å². The van der Waals surface area contributed by atoms with E-state index in [0.29, 0.717) is 22.9 Å². The van der Waals surface area contributed by atoms with Gasteiger partial charge in [-0.25, -0.2) is 0 Å². The molecule has 1 saturated heterocycles.